The second-order valence-electron chi connectivity index (χ2n) is 11.1. The molecule has 0 radical (unpaired) electrons. The van der Waals surface area contributed by atoms with Crippen LogP contribution in [0.2, 0.25) is 0 Å². The fourth-order valence-electron chi connectivity index (χ4n) is 5.53. The highest BCUT2D eigenvalue weighted by molar-refractivity contribution is 6.00. The van der Waals surface area contributed by atoms with E-state index in [1.807, 2.05) is 65.3 Å². The number of ketones is 1. The number of hydrogen-bond acceptors (Lipinski definition) is 6. The quantitative estimate of drug-likeness (QED) is 0.313. The Bertz CT molecular complexity index is 1590. The summed E-state index contributed by atoms with van der Waals surface area (Å²) >= 11 is 0. The molecule has 39 heavy (non-hydrogen) atoms. The lowest BCUT2D eigenvalue weighted by molar-refractivity contribution is -0.118. The lowest BCUT2D eigenvalue weighted by Crippen LogP contribution is -2.36. The maximum absolute atomic E-state index is 13.6. The summed E-state index contributed by atoms with van der Waals surface area (Å²) in [6.07, 6.45) is 1.24. The topological polar surface area (TPSA) is 78.3 Å². The molecule has 198 valence electrons. The molecular formula is C32H32N4O3. The molecule has 1 aliphatic heterocycles. The number of benzene rings is 3. The van der Waals surface area contributed by atoms with Crippen LogP contribution in [0.3, 0.4) is 0 Å². The summed E-state index contributed by atoms with van der Waals surface area (Å²) in [7, 11) is 1.63. The molecule has 7 heteroatoms. The monoisotopic (exact) mass is 520 g/mol. The van der Waals surface area contributed by atoms with Crippen LogP contribution in [-0.4, -0.2) is 27.7 Å². The van der Waals surface area contributed by atoms with Gasteiger partial charge in [-0.1, -0.05) is 74.0 Å². The molecule has 4 aromatic rings. The Morgan fingerprint density at radius 1 is 1.00 bits per heavy atom. The van der Waals surface area contributed by atoms with Gasteiger partial charge in [0.2, 0.25) is 5.95 Å². The standard InChI is InChI=1S/C32H32N4O3/c1-20-9-8-12-23(15-20)30-34-31-33-24-17-32(2,3)18-25(37)28(24)29(36(31)35-30)22-13-14-26(27(16-22)38-4)39-19-21-10-6-5-7-11-21/h5-16,29H,17-19H2,1-4H3,(H,33,34,35). The van der Waals surface area contributed by atoms with Gasteiger partial charge in [-0.3, -0.25) is 4.79 Å². The van der Waals surface area contributed by atoms with Gasteiger partial charge >= 0.3 is 0 Å². The summed E-state index contributed by atoms with van der Waals surface area (Å²) in [5.41, 5.74) is 5.55. The van der Waals surface area contributed by atoms with Crippen LogP contribution in [0, 0.1) is 12.3 Å². The van der Waals surface area contributed by atoms with Crippen molar-refractivity contribution in [2.24, 2.45) is 5.41 Å². The van der Waals surface area contributed by atoms with Gasteiger partial charge in [-0.15, -0.1) is 5.10 Å². The Morgan fingerprint density at radius 3 is 2.59 bits per heavy atom. The number of aromatic nitrogens is 3. The van der Waals surface area contributed by atoms with E-state index in [1.54, 1.807) is 7.11 Å². The zero-order valence-electron chi connectivity index (χ0n) is 22.7. The molecule has 6 rings (SSSR count). The van der Waals surface area contributed by atoms with Crippen molar-refractivity contribution in [2.45, 2.75) is 46.3 Å². The number of fused-ring (bicyclic) bond motifs is 1. The van der Waals surface area contributed by atoms with E-state index in [0.29, 0.717) is 36.3 Å². The molecule has 3 aromatic carbocycles. The predicted octanol–water partition coefficient (Wildman–Crippen LogP) is 6.50. The number of ether oxygens (including phenoxy) is 2. The van der Waals surface area contributed by atoms with E-state index in [9.17, 15) is 4.79 Å². The highest BCUT2D eigenvalue weighted by atomic mass is 16.5. The number of aryl methyl sites for hydroxylation is 1. The number of hydrogen-bond donors (Lipinski definition) is 1. The van der Waals surface area contributed by atoms with Gasteiger partial charge in [-0.05, 0) is 48.1 Å². The number of nitrogens with zero attached hydrogens (tertiary/aromatic N) is 3. The minimum Gasteiger partial charge on any atom is -0.493 e. The second-order valence-corrected chi connectivity index (χ2v) is 11.1. The van der Waals surface area contributed by atoms with Crippen molar-refractivity contribution in [3.63, 3.8) is 0 Å². The molecule has 0 saturated carbocycles. The Balaban J connectivity index is 1.42. The van der Waals surface area contributed by atoms with Crippen molar-refractivity contribution < 1.29 is 14.3 Å². The maximum Gasteiger partial charge on any atom is 0.226 e. The van der Waals surface area contributed by atoms with Crippen molar-refractivity contribution >= 4 is 11.7 Å². The average Bonchev–Trinajstić information content (AvgIpc) is 3.34. The number of nitrogens with one attached hydrogen (secondary N) is 1. The van der Waals surface area contributed by atoms with Gasteiger partial charge in [-0.2, -0.15) is 4.98 Å². The second kappa shape index (κ2) is 9.73. The SMILES string of the molecule is COc1cc(C2C3=C(CC(C)(C)CC3=O)Nc3nc(-c4cccc(C)c4)nn32)ccc1OCc1ccccc1. The highest BCUT2D eigenvalue weighted by Crippen LogP contribution is 2.46. The van der Waals surface area contributed by atoms with E-state index in [4.69, 9.17) is 19.6 Å². The number of Topliss-reactive ketones (excluding diaryl/α,β-unsaturated/α-hetero) is 1. The molecule has 1 aliphatic carbocycles. The normalized spacial score (nSPS) is 17.7. The zero-order chi connectivity index (χ0) is 27.1. The van der Waals surface area contributed by atoms with Crippen LogP contribution in [-0.2, 0) is 11.4 Å². The number of carbonyl (C=O) groups excluding carboxylic acids is 1. The lowest BCUT2D eigenvalue weighted by Gasteiger charge is -2.38. The van der Waals surface area contributed by atoms with Crippen LogP contribution < -0.4 is 14.8 Å². The van der Waals surface area contributed by atoms with Crippen LogP contribution in [0.5, 0.6) is 11.5 Å². The molecule has 1 unspecified atom stereocenters. The number of anilines is 1. The highest BCUT2D eigenvalue weighted by Gasteiger charge is 2.42. The summed E-state index contributed by atoms with van der Waals surface area (Å²) in [6, 6.07) is 23.6. The molecule has 0 spiro atoms. The molecule has 1 atom stereocenters. The molecule has 0 saturated heterocycles. The summed E-state index contributed by atoms with van der Waals surface area (Å²) in [5.74, 6) is 2.62. The van der Waals surface area contributed by atoms with E-state index >= 15 is 0 Å². The van der Waals surface area contributed by atoms with Crippen LogP contribution in [0.4, 0.5) is 5.95 Å². The molecule has 1 N–H and O–H groups in total. The van der Waals surface area contributed by atoms with E-state index in [2.05, 4.69) is 38.2 Å². The van der Waals surface area contributed by atoms with Crippen LogP contribution in [0.15, 0.2) is 84.1 Å². The van der Waals surface area contributed by atoms with Crippen LogP contribution in [0.1, 0.15) is 49.4 Å². The molecule has 0 amide bonds. The number of allylic oxidation sites excluding steroid dienone is 2. The minimum absolute atomic E-state index is 0.125. The van der Waals surface area contributed by atoms with E-state index in [-0.39, 0.29) is 11.2 Å². The van der Waals surface area contributed by atoms with Gasteiger partial charge in [0, 0.05) is 23.3 Å². The van der Waals surface area contributed by atoms with Crippen molar-refractivity contribution in [3.05, 3.63) is 101 Å². The smallest absolute Gasteiger partial charge is 0.226 e. The Kier molecular flexibility index (Phi) is 6.22. The Labute approximate surface area is 228 Å². The third kappa shape index (κ3) is 4.80. The van der Waals surface area contributed by atoms with Crippen LogP contribution >= 0.6 is 0 Å². The van der Waals surface area contributed by atoms with E-state index in [1.165, 1.54) is 0 Å². The average molecular weight is 521 g/mol. The Hall–Kier alpha value is -4.39. The largest absolute Gasteiger partial charge is 0.493 e. The van der Waals surface area contributed by atoms with Gasteiger partial charge in [0.05, 0.1) is 7.11 Å². The van der Waals surface area contributed by atoms with Gasteiger partial charge in [0.15, 0.2) is 23.1 Å². The van der Waals surface area contributed by atoms with E-state index in [0.717, 1.165) is 39.9 Å². The van der Waals surface area contributed by atoms with Gasteiger partial charge in [0.1, 0.15) is 12.6 Å². The molecule has 2 heterocycles. The van der Waals surface area contributed by atoms with Gasteiger partial charge in [0.25, 0.3) is 0 Å². The molecule has 2 aliphatic rings. The first kappa shape index (κ1) is 24.9. The summed E-state index contributed by atoms with van der Waals surface area (Å²) in [4.78, 5) is 18.5. The number of methoxy groups -OCH3 is 1. The third-order valence-electron chi connectivity index (χ3n) is 7.35. The predicted molar refractivity (Wildman–Crippen MR) is 151 cm³/mol. The first-order valence-electron chi connectivity index (χ1n) is 13.2. The van der Waals surface area contributed by atoms with Gasteiger partial charge < -0.3 is 14.8 Å². The van der Waals surface area contributed by atoms with Crippen LogP contribution in [0.25, 0.3) is 11.4 Å². The summed E-state index contributed by atoms with van der Waals surface area (Å²) < 4.78 is 13.7. The summed E-state index contributed by atoms with van der Waals surface area (Å²) in [6.45, 7) is 6.74. The number of rotatable bonds is 6. The number of carbonyl (C=O) groups is 1. The fraction of sp³-hybridized carbons (Fsp3) is 0.281. The minimum atomic E-state index is -0.428. The molecule has 1 aromatic heterocycles. The fourth-order valence-corrected chi connectivity index (χ4v) is 5.53. The lowest BCUT2D eigenvalue weighted by atomic mass is 9.73. The van der Waals surface area contributed by atoms with Crippen molar-refractivity contribution in [2.75, 3.05) is 12.4 Å². The third-order valence-corrected chi connectivity index (χ3v) is 7.35. The summed E-state index contributed by atoms with van der Waals surface area (Å²) in [5, 5.41) is 8.38. The first-order valence-corrected chi connectivity index (χ1v) is 13.2. The van der Waals surface area contributed by atoms with Crippen molar-refractivity contribution in [1.29, 1.82) is 0 Å². The molecule has 7 nitrogen and oxygen atoms in total. The Morgan fingerprint density at radius 2 is 1.82 bits per heavy atom. The first-order chi connectivity index (χ1) is 18.8. The maximum atomic E-state index is 13.6. The zero-order valence-corrected chi connectivity index (χ0v) is 22.7. The molecule has 0 fully saturated rings. The van der Waals surface area contributed by atoms with Gasteiger partial charge in [-0.25, -0.2) is 4.68 Å². The molecule has 0 bridgehead atoms. The molecular weight excluding hydrogens is 488 g/mol. The van der Waals surface area contributed by atoms with E-state index < -0.39 is 6.04 Å². The van der Waals surface area contributed by atoms with Crippen molar-refractivity contribution in [1.82, 2.24) is 14.8 Å². The van der Waals surface area contributed by atoms with Crippen molar-refractivity contribution in [3.8, 4) is 22.9 Å².